The van der Waals surface area contributed by atoms with E-state index in [4.69, 9.17) is 4.74 Å². The van der Waals surface area contributed by atoms with Crippen LogP contribution < -0.4 is 0 Å². The molecule has 0 aromatic rings. The highest BCUT2D eigenvalue weighted by Gasteiger charge is 2.32. The molecule has 4 nitrogen and oxygen atoms in total. The molecule has 0 heterocycles. The largest absolute Gasteiger partial charge is 0.481 e. The third kappa shape index (κ3) is 9.59. The van der Waals surface area contributed by atoms with Gasteiger partial charge in [0.25, 0.3) is 0 Å². The van der Waals surface area contributed by atoms with Gasteiger partial charge in [0, 0.05) is 0 Å². The van der Waals surface area contributed by atoms with Crippen LogP contribution >= 0.6 is 0 Å². The fourth-order valence-corrected chi connectivity index (χ4v) is 3.91. The number of carboxylic acid groups (broad SMARTS) is 1. The minimum atomic E-state index is -0.770. The summed E-state index contributed by atoms with van der Waals surface area (Å²) >= 11 is 0. The highest BCUT2D eigenvalue weighted by molar-refractivity contribution is 5.75. The van der Waals surface area contributed by atoms with Crippen molar-refractivity contribution in [3.8, 4) is 0 Å². The van der Waals surface area contributed by atoms with Gasteiger partial charge < -0.3 is 9.84 Å². The molecule has 0 aromatic heterocycles. The standard InChI is InChI=1S/C22H40O4/c1-3-5-7-8-9-10-11-16-20(15-6-4-2)26-22(25)19-14-12-13-18(17-19)21(23)24/h18-20H,3-17H2,1-2H3,(H,23,24). The van der Waals surface area contributed by atoms with Crippen LogP contribution in [0.1, 0.15) is 110 Å². The molecule has 0 saturated heterocycles. The Hall–Kier alpha value is -1.06. The minimum Gasteiger partial charge on any atom is -0.481 e. The zero-order valence-corrected chi connectivity index (χ0v) is 17.0. The van der Waals surface area contributed by atoms with E-state index in [-0.39, 0.29) is 23.9 Å². The molecule has 3 unspecified atom stereocenters. The molecule has 0 aliphatic heterocycles. The number of unbranched alkanes of at least 4 members (excludes halogenated alkanes) is 7. The molecular formula is C22H40O4. The molecule has 0 bridgehead atoms. The lowest BCUT2D eigenvalue weighted by Crippen LogP contribution is -2.31. The third-order valence-electron chi connectivity index (χ3n) is 5.65. The fraction of sp³-hybridized carbons (Fsp3) is 0.909. The SMILES string of the molecule is CCCCCCCCCC(CCCC)OC(=O)C1CCCC(C(=O)O)C1. The van der Waals surface area contributed by atoms with Crippen LogP contribution in [-0.2, 0) is 14.3 Å². The molecule has 1 rings (SSSR count). The second-order valence-electron chi connectivity index (χ2n) is 8.01. The molecule has 0 spiro atoms. The number of ether oxygens (including phenoxy) is 1. The number of hydrogen-bond acceptors (Lipinski definition) is 3. The molecule has 1 aliphatic rings. The first-order chi connectivity index (χ1) is 12.6. The van der Waals surface area contributed by atoms with Crippen molar-refractivity contribution in [3.05, 3.63) is 0 Å². The van der Waals surface area contributed by atoms with E-state index in [9.17, 15) is 14.7 Å². The highest BCUT2D eigenvalue weighted by atomic mass is 16.5. The molecule has 152 valence electrons. The van der Waals surface area contributed by atoms with Crippen LogP contribution in [0.4, 0.5) is 0 Å². The lowest BCUT2D eigenvalue weighted by atomic mass is 9.81. The van der Waals surface area contributed by atoms with Gasteiger partial charge in [-0.3, -0.25) is 9.59 Å². The monoisotopic (exact) mass is 368 g/mol. The van der Waals surface area contributed by atoms with Crippen molar-refractivity contribution in [2.45, 2.75) is 116 Å². The summed E-state index contributed by atoms with van der Waals surface area (Å²) in [6.07, 6.45) is 15.7. The topological polar surface area (TPSA) is 63.6 Å². The Balaban J connectivity index is 2.35. The number of carboxylic acids is 1. The van der Waals surface area contributed by atoms with Crippen molar-refractivity contribution in [1.82, 2.24) is 0 Å². The van der Waals surface area contributed by atoms with Gasteiger partial charge in [-0.1, -0.05) is 71.6 Å². The van der Waals surface area contributed by atoms with Crippen molar-refractivity contribution in [2.75, 3.05) is 0 Å². The van der Waals surface area contributed by atoms with Crippen LogP contribution in [0.5, 0.6) is 0 Å². The Kier molecular flexibility index (Phi) is 12.4. The number of esters is 1. The summed E-state index contributed by atoms with van der Waals surface area (Å²) in [4.78, 5) is 23.7. The zero-order chi connectivity index (χ0) is 19.2. The van der Waals surface area contributed by atoms with Crippen LogP contribution in [0.2, 0.25) is 0 Å². The van der Waals surface area contributed by atoms with Crippen LogP contribution in [-0.4, -0.2) is 23.1 Å². The molecule has 4 heteroatoms. The van der Waals surface area contributed by atoms with E-state index in [0.717, 1.165) is 44.9 Å². The maximum Gasteiger partial charge on any atom is 0.309 e. The van der Waals surface area contributed by atoms with Gasteiger partial charge >= 0.3 is 11.9 Å². The molecule has 26 heavy (non-hydrogen) atoms. The van der Waals surface area contributed by atoms with Crippen molar-refractivity contribution in [2.24, 2.45) is 11.8 Å². The summed E-state index contributed by atoms with van der Waals surface area (Å²) in [7, 11) is 0. The maximum atomic E-state index is 12.5. The molecule has 0 amide bonds. The van der Waals surface area contributed by atoms with Crippen molar-refractivity contribution in [3.63, 3.8) is 0 Å². The van der Waals surface area contributed by atoms with Crippen LogP contribution in [0.3, 0.4) is 0 Å². The third-order valence-corrected chi connectivity index (χ3v) is 5.65. The van der Waals surface area contributed by atoms with E-state index < -0.39 is 5.97 Å². The Labute approximate surface area is 160 Å². The predicted octanol–water partition coefficient (Wildman–Crippen LogP) is 6.12. The maximum absolute atomic E-state index is 12.5. The molecule has 1 fully saturated rings. The zero-order valence-electron chi connectivity index (χ0n) is 17.0. The van der Waals surface area contributed by atoms with Gasteiger partial charge in [0.05, 0.1) is 11.8 Å². The lowest BCUT2D eigenvalue weighted by molar-refractivity contribution is -0.158. The van der Waals surface area contributed by atoms with Crippen LogP contribution in [0.15, 0.2) is 0 Å². The number of carbonyl (C=O) groups is 2. The first-order valence-electron chi connectivity index (χ1n) is 11.0. The van der Waals surface area contributed by atoms with Gasteiger partial charge in [-0.25, -0.2) is 0 Å². The first kappa shape index (κ1) is 23.0. The number of hydrogen-bond donors (Lipinski definition) is 1. The molecule has 0 radical (unpaired) electrons. The Morgan fingerprint density at radius 1 is 0.885 bits per heavy atom. The molecular weight excluding hydrogens is 328 g/mol. The van der Waals surface area contributed by atoms with E-state index >= 15 is 0 Å². The second-order valence-corrected chi connectivity index (χ2v) is 8.01. The summed E-state index contributed by atoms with van der Waals surface area (Å²) in [5.41, 5.74) is 0. The second kappa shape index (κ2) is 14.1. The molecule has 0 aromatic carbocycles. The number of rotatable bonds is 14. The van der Waals surface area contributed by atoms with E-state index in [0.29, 0.717) is 12.8 Å². The summed E-state index contributed by atoms with van der Waals surface area (Å²) in [6.45, 7) is 4.39. The van der Waals surface area contributed by atoms with Gasteiger partial charge in [0.1, 0.15) is 6.10 Å². The van der Waals surface area contributed by atoms with Gasteiger partial charge in [0.2, 0.25) is 0 Å². The molecule has 3 atom stereocenters. The molecule has 1 N–H and O–H groups in total. The van der Waals surface area contributed by atoms with E-state index in [1.54, 1.807) is 0 Å². The predicted molar refractivity (Wildman–Crippen MR) is 105 cm³/mol. The average Bonchev–Trinajstić information content (AvgIpc) is 2.65. The van der Waals surface area contributed by atoms with E-state index in [2.05, 4.69) is 13.8 Å². The minimum absolute atomic E-state index is 0.0169. The average molecular weight is 369 g/mol. The van der Waals surface area contributed by atoms with Crippen LogP contribution in [0, 0.1) is 11.8 Å². The van der Waals surface area contributed by atoms with E-state index in [1.807, 2.05) is 0 Å². The fourth-order valence-electron chi connectivity index (χ4n) is 3.91. The van der Waals surface area contributed by atoms with Gasteiger partial charge in [-0.15, -0.1) is 0 Å². The van der Waals surface area contributed by atoms with Crippen molar-refractivity contribution < 1.29 is 19.4 Å². The number of carbonyl (C=O) groups excluding carboxylic acids is 1. The van der Waals surface area contributed by atoms with Gasteiger partial charge in [-0.05, 0) is 38.5 Å². The van der Waals surface area contributed by atoms with Crippen molar-refractivity contribution in [1.29, 1.82) is 0 Å². The Bertz CT molecular complexity index is 394. The lowest BCUT2D eigenvalue weighted by Gasteiger charge is -2.27. The van der Waals surface area contributed by atoms with Gasteiger partial charge in [0.15, 0.2) is 0 Å². The van der Waals surface area contributed by atoms with Crippen molar-refractivity contribution >= 4 is 11.9 Å². The summed E-state index contributed by atoms with van der Waals surface area (Å²) < 4.78 is 5.83. The van der Waals surface area contributed by atoms with Crippen LogP contribution in [0.25, 0.3) is 0 Å². The first-order valence-corrected chi connectivity index (χ1v) is 11.0. The van der Waals surface area contributed by atoms with Gasteiger partial charge in [-0.2, -0.15) is 0 Å². The highest BCUT2D eigenvalue weighted by Crippen LogP contribution is 2.31. The summed E-state index contributed by atoms with van der Waals surface area (Å²) in [5, 5.41) is 9.20. The van der Waals surface area contributed by atoms with E-state index in [1.165, 1.54) is 38.5 Å². The Morgan fingerprint density at radius 2 is 1.46 bits per heavy atom. The smallest absolute Gasteiger partial charge is 0.309 e. The molecule has 1 saturated carbocycles. The quantitative estimate of drug-likeness (QED) is 0.296. The summed E-state index contributed by atoms with van der Waals surface area (Å²) in [5.74, 6) is -1.52. The number of aliphatic carboxylic acids is 1. The summed E-state index contributed by atoms with van der Waals surface area (Å²) in [6, 6.07) is 0. The Morgan fingerprint density at radius 3 is 2.12 bits per heavy atom. The normalized spacial score (nSPS) is 21.3. The molecule has 1 aliphatic carbocycles.